The second-order valence-corrected chi connectivity index (χ2v) is 8.83. The van der Waals surface area contributed by atoms with E-state index >= 15 is 0 Å². The fourth-order valence-corrected chi connectivity index (χ4v) is 4.79. The number of hydrogen-bond acceptors (Lipinski definition) is 4. The SMILES string of the molecule is C=C(N/N=C\C)C1=C(C)C2=C(NC1=C)c1ccc(CCCCC=O)cc1CC2C(C)C. The van der Waals surface area contributed by atoms with Gasteiger partial charge in [-0.2, -0.15) is 5.10 Å². The molecule has 1 aromatic rings. The van der Waals surface area contributed by atoms with E-state index in [4.69, 9.17) is 0 Å². The van der Waals surface area contributed by atoms with Crippen LogP contribution in [0.3, 0.4) is 0 Å². The van der Waals surface area contributed by atoms with Gasteiger partial charge in [0.15, 0.2) is 0 Å². The van der Waals surface area contributed by atoms with Gasteiger partial charge in [0.05, 0.1) is 5.70 Å². The monoisotopic (exact) mass is 417 g/mol. The zero-order valence-electron chi connectivity index (χ0n) is 19.3. The molecular weight excluding hydrogens is 382 g/mol. The van der Waals surface area contributed by atoms with Gasteiger partial charge in [0.2, 0.25) is 0 Å². The molecule has 0 saturated heterocycles. The number of unbranched alkanes of at least 4 members (excludes halogenated alkanes) is 2. The lowest BCUT2D eigenvalue weighted by Crippen LogP contribution is -2.32. The van der Waals surface area contributed by atoms with E-state index in [0.29, 0.717) is 18.3 Å². The first-order valence-corrected chi connectivity index (χ1v) is 11.3. The fourth-order valence-electron chi connectivity index (χ4n) is 4.79. The molecule has 0 radical (unpaired) electrons. The third-order valence-corrected chi connectivity index (χ3v) is 6.35. The zero-order valence-corrected chi connectivity index (χ0v) is 19.3. The minimum absolute atomic E-state index is 0.422. The topological polar surface area (TPSA) is 53.5 Å². The van der Waals surface area contributed by atoms with E-state index in [1.165, 1.54) is 33.5 Å². The van der Waals surface area contributed by atoms with E-state index in [1.807, 2.05) is 6.92 Å². The van der Waals surface area contributed by atoms with E-state index < -0.39 is 0 Å². The number of benzene rings is 1. The molecule has 3 rings (SSSR count). The molecule has 0 bridgehead atoms. The van der Waals surface area contributed by atoms with Gasteiger partial charge >= 0.3 is 0 Å². The van der Waals surface area contributed by atoms with Crippen LogP contribution in [0, 0.1) is 11.8 Å². The van der Waals surface area contributed by atoms with Crippen LogP contribution in [0.5, 0.6) is 0 Å². The van der Waals surface area contributed by atoms with Gasteiger partial charge < -0.3 is 10.1 Å². The number of fused-ring (bicyclic) bond motifs is 2. The Bertz CT molecular complexity index is 978. The summed E-state index contributed by atoms with van der Waals surface area (Å²) in [5, 5.41) is 7.75. The molecule has 31 heavy (non-hydrogen) atoms. The van der Waals surface area contributed by atoms with Crippen LogP contribution in [0.1, 0.15) is 63.6 Å². The van der Waals surface area contributed by atoms with Crippen molar-refractivity contribution >= 4 is 18.2 Å². The van der Waals surface area contributed by atoms with Crippen molar-refractivity contribution in [1.29, 1.82) is 0 Å². The highest BCUT2D eigenvalue weighted by atomic mass is 16.1. The van der Waals surface area contributed by atoms with E-state index in [1.54, 1.807) is 6.21 Å². The van der Waals surface area contributed by atoms with Crippen LogP contribution in [0.15, 0.2) is 64.6 Å². The second-order valence-electron chi connectivity index (χ2n) is 8.83. The normalized spacial score (nSPS) is 18.2. The molecule has 1 atom stereocenters. The number of aryl methyl sites for hydroxylation is 1. The number of aldehydes is 1. The van der Waals surface area contributed by atoms with E-state index in [2.05, 4.69) is 68.0 Å². The molecule has 0 fully saturated rings. The maximum Gasteiger partial charge on any atom is 0.119 e. The molecule has 0 amide bonds. The first-order valence-electron chi connectivity index (χ1n) is 11.3. The van der Waals surface area contributed by atoms with Gasteiger partial charge in [-0.1, -0.05) is 45.2 Å². The van der Waals surface area contributed by atoms with E-state index in [-0.39, 0.29) is 0 Å². The molecule has 0 aromatic heterocycles. The summed E-state index contributed by atoms with van der Waals surface area (Å²) in [5.74, 6) is 0.930. The van der Waals surface area contributed by atoms with Crippen molar-refractivity contribution < 1.29 is 4.79 Å². The van der Waals surface area contributed by atoms with E-state index in [9.17, 15) is 4.79 Å². The lowest BCUT2D eigenvalue weighted by atomic mass is 9.71. The van der Waals surface area contributed by atoms with Gasteiger partial charge in [0.1, 0.15) is 6.29 Å². The summed E-state index contributed by atoms with van der Waals surface area (Å²) >= 11 is 0. The molecule has 0 saturated carbocycles. The summed E-state index contributed by atoms with van der Waals surface area (Å²) < 4.78 is 0. The smallest absolute Gasteiger partial charge is 0.119 e. The Hall–Kier alpha value is -2.88. The van der Waals surface area contributed by atoms with Crippen LogP contribution in [0.4, 0.5) is 0 Å². The van der Waals surface area contributed by atoms with Gasteiger partial charge in [-0.15, -0.1) is 0 Å². The highest BCUT2D eigenvalue weighted by Crippen LogP contribution is 2.45. The molecule has 2 N–H and O–H groups in total. The molecule has 1 unspecified atom stereocenters. The number of rotatable bonds is 9. The largest absolute Gasteiger partial charge is 0.355 e. The van der Waals surface area contributed by atoms with Gasteiger partial charge in [-0.25, -0.2) is 0 Å². The Kier molecular flexibility index (Phi) is 7.32. The maximum absolute atomic E-state index is 10.6. The van der Waals surface area contributed by atoms with Crippen molar-refractivity contribution in [3.05, 3.63) is 76.2 Å². The predicted molar refractivity (Wildman–Crippen MR) is 130 cm³/mol. The van der Waals surface area contributed by atoms with Crippen molar-refractivity contribution in [2.45, 2.75) is 59.8 Å². The third-order valence-electron chi connectivity index (χ3n) is 6.35. The maximum atomic E-state index is 10.6. The predicted octanol–water partition coefficient (Wildman–Crippen LogP) is 5.68. The van der Waals surface area contributed by atoms with Crippen molar-refractivity contribution in [3.8, 4) is 0 Å². The lowest BCUT2D eigenvalue weighted by Gasteiger charge is -2.38. The van der Waals surface area contributed by atoms with Crippen molar-refractivity contribution in [2.75, 3.05) is 0 Å². The third kappa shape index (κ3) is 4.73. The fraction of sp³-hybridized carbons (Fsp3) is 0.407. The van der Waals surface area contributed by atoms with Gasteiger partial charge in [0.25, 0.3) is 0 Å². The molecule has 4 nitrogen and oxygen atoms in total. The van der Waals surface area contributed by atoms with Gasteiger partial charge in [-0.05, 0) is 73.6 Å². The molecule has 0 spiro atoms. The number of nitrogens with zero attached hydrogens (tertiary/aromatic N) is 1. The Morgan fingerprint density at radius 3 is 2.81 bits per heavy atom. The number of carbonyl (C=O) groups excluding carboxylic acids is 1. The highest BCUT2D eigenvalue weighted by molar-refractivity contribution is 5.81. The first-order chi connectivity index (χ1) is 14.9. The summed E-state index contributed by atoms with van der Waals surface area (Å²) in [6, 6.07) is 6.85. The Morgan fingerprint density at radius 2 is 2.13 bits per heavy atom. The summed E-state index contributed by atoms with van der Waals surface area (Å²) in [4.78, 5) is 10.6. The van der Waals surface area contributed by atoms with Crippen LogP contribution < -0.4 is 10.7 Å². The summed E-state index contributed by atoms with van der Waals surface area (Å²) in [5.41, 5.74) is 13.5. The van der Waals surface area contributed by atoms with Crippen LogP contribution >= 0.6 is 0 Å². The Balaban J connectivity index is 2.02. The van der Waals surface area contributed by atoms with Crippen molar-refractivity contribution in [1.82, 2.24) is 10.7 Å². The standard InChI is InChI=1S/C27H35N3O/c1-7-28-30-20(6)25-18(4)26-24(17(2)3)16-22-15-21(11-9-8-10-14-31)12-13-23(22)27(26)29-19(25)5/h7,12-15,17,24,29-30H,5-6,8-11,16H2,1-4H3/b28-7-. The number of hydrazone groups is 1. The zero-order chi connectivity index (χ0) is 22.5. The first kappa shape index (κ1) is 22.8. The molecule has 2 aliphatic rings. The minimum atomic E-state index is 0.422. The molecule has 1 aliphatic heterocycles. The highest BCUT2D eigenvalue weighted by Gasteiger charge is 2.35. The average Bonchev–Trinajstić information content (AvgIpc) is 2.74. The number of carbonyl (C=O) groups is 1. The number of nitrogens with one attached hydrogen (secondary N) is 2. The summed E-state index contributed by atoms with van der Waals surface area (Å²) in [6.45, 7) is 17.2. The minimum Gasteiger partial charge on any atom is -0.355 e. The van der Waals surface area contributed by atoms with Gasteiger partial charge in [0, 0.05) is 35.2 Å². The van der Waals surface area contributed by atoms with Crippen molar-refractivity contribution in [2.24, 2.45) is 16.9 Å². The molecule has 1 aromatic carbocycles. The second kappa shape index (κ2) is 9.95. The van der Waals surface area contributed by atoms with Crippen LogP contribution in [0.25, 0.3) is 5.70 Å². The summed E-state index contributed by atoms with van der Waals surface area (Å²) in [6.07, 6.45) is 7.44. The van der Waals surface area contributed by atoms with Crippen LogP contribution in [0.2, 0.25) is 0 Å². The van der Waals surface area contributed by atoms with Crippen molar-refractivity contribution in [3.63, 3.8) is 0 Å². The molecule has 1 heterocycles. The Labute approximate surface area is 186 Å². The molecular formula is C27H35N3O. The lowest BCUT2D eigenvalue weighted by molar-refractivity contribution is -0.107. The Morgan fingerprint density at radius 1 is 1.35 bits per heavy atom. The molecule has 4 heteroatoms. The number of allylic oxidation sites excluding steroid dienone is 2. The average molecular weight is 418 g/mol. The van der Waals surface area contributed by atoms with Crippen LogP contribution in [-0.4, -0.2) is 12.5 Å². The summed E-state index contributed by atoms with van der Waals surface area (Å²) in [7, 11) is 0. The molecule has 1 aliphatic carbocycles. The van der Waals surface area contributed by atoms with Crippen LogP contribution in [-0.2, 0) is 17.6 Å². The number of hydrogen-bond donors (Lipinski definition) is 2. The molecule has 164 valence electrons. The van der Waals surface area contributed by atoms with Gasteiger partial charge in [-0.3, -0.25) is 5.43 Å². The number of dihydropyridines is 1. The van der Waals surface area contributed by atoms with E-state index in [0.717, 1.165) is 48.9 Å². The quantitative estimate of drug-likeness (QED) is 0.235.